The number of benzene rings is 2. The fourth-order valence-corrected chi connectivity index (χ4v) is 3.83. The van der Waals surface area contributed by atoms with Crippen molar-refractivity contribution in [1.29, 1.82) is 0 Å². The molecule has 216 valence electrons. The highest BCUT2D eigenvalue weighted by molar-refractivity contribution is 6.14. The summed E-state index contributed by atoms with van der Waals surface area (Å²) in [5, 5.41) is 6.07. The van der Waals surface area contributed by atoms with E-state index in [0.29, 0.717) is 30.4 Å². The zero-order valence-corrected chi connectivity index (χ0v) is 23.2. The van der Waals surface area contributed by atoms with E-state index in [2.05, 4.69) is 25.5 Å². The molecule has 4 rings (SSSR count). The summed E-state index contributed by atoms with van der Waals surface area (Å²) in [7, 11) is 1.57. The van der Waals surface area contributed by atoms with E-state index in [1.807, 2.05) is 24.3 Å². The van der Waals surface area contributed by atoms with Gasteiger partial charge in [-0.3, -0.25) is 0 Å². The molecule has 0 amide bonds. The van der Waals surface area contributed by atoms with Crippen LogP contribution < -0.4 is 25.0 Å². The third-order valence-electron chi connectivity index (χ3n) is 5.89. The Labute approximate surface area is 238 Å². The number of esters is 2. The smallest absolute Gasteiger partial charge is 0.347 e. The standard InChI is InChI=1S/C29H33N5O7/c1-4-39-27(35)24(28(36)40-5-2)18-30-25-19-31-29(33-26(25)41-23-12-10-22(37-3)11-13-23)32-20-6-8-21(9-7-20)34-14-16-38-17-15-34/h6-13,18-19,30H,4-5,14-17H2,1-3H3,(H,31,32,33). The van der Waals surface area contributed by atoms with Gasteiger partial charge in [0.25, 0.3) is 0 Å². The minimum absolute atomic E-state index is 0.0955. The van der Waals surface area contributed by atoms with Gasteiger partial charge in [-0.05, 0) is 62.4 Å². The summed E-state index contributed by atoms with van der Waals surface area (Å²) in [5.41, 5.74) is 1.87. The molecule has 0 saturated carbocycles. The molecule has 0 spiro atoms. The van der Waals surface area contributed by atoms with E-state index in [-0.39, 0.29) is 30.6 Å². The Hall–Kier alpha value is -4.84. The first-order valence-corrected chi connectivity index (χ1v) is 13.2. The Kier molecular flexibility index (Phi) is 10.3. The third-order valence-corrected chi connectivity index (χ3v) is 5.89. The molecule has 2 N–H and O–H groups in total. The maximum atomic E-state index is 12.4. The normalized spacial score (nSPS) is 12.6. The van der Waals surface area contributed by atoms with Gasteiger partial charge in [-0.25, -0.2) is 14.6 Å². The van der Waals surface area contributed by atoms with E-state index in [1.165, 1.54) is 12.4 Å². The molecule has 41 heavy (non-hydrogen) atoms. The molecule has 3 aromatic rings. The monoisotopic (exact) mass is 563 g/mol. The van der Waals surface area contributed by atoms with Crippen LogP contribution in [0.1, 0.15) is 13.8 Å². The predicted octanol–water partition coefficient (Wildman–Crippen LogP) is 4.28. The van der Waals surface area contributed by atoms with E-state index in [1.54, 1.807) is 45.2 Å². The number of carbonyl (C=O) groups is 2. The van der Waals surface area contributed by atoms with Crippen molar-refractivity contribution in [3.63, 3.8) is 0 Å². The van der Waals surface area contributed by atoms with Gasteiger partial charge in [0.2, 0.25) is 11.8 Å². The summed E-state index contributed by atoms with van der Waals surface area (Å²) < 4.78 is 26.7. The predicted molar refractivity (Wildman–Crippen MR) is 153 cm³/mol. The fraction of sp³-hybridized carbons (Fsp3) is 0.310. The Balaban J connectivity index is 1.59. The lowest BCUT2D eigenvalue weighted by atomic mass is 10.2. The van der Waals surface area contributed by atoms with Crippen LogP contribution in [-0.2, 0) is 23.8 Å². The topological polar surface area (TPSA) is 133 Å². The van der Waals surface area contributed by atoms with Gasteiger partial charge in [0, 0.05) is 30.7 Å². The van der Waals surface area contributed by atoms with Crippen molar-refractivity contribution >= 4 is 34.9 Å². The van der Waals surface area contributed by atoms with Gasteiger partial charge < -0.3 is 39.2 Å². The first-order chi connectivity index (χ1) is 20.0. The summed E-state index contributed by atoms with van der Waals surface area (Å²) in [4.78, 5) is 35.9. The molecule has 12 nitrogen and oxygen atoms in total. The van der Waals surface area contributed by atoms with Gasteiger partial charge in [0.15, 0.2) is 5.57 Å². The number of rotatable bonds is 12. The molecule has 0 unspecified atom stereocenters. The number of hydrogen-bond acceptors (Lipinski definition) is 12. The number of aromatic nitrogens is 2. The van der Waals surface area contributed by atoms with E-state index >= 15 is 0 Å². The van der Waals surface area contributed by atoms with Crippen LogP contribution in [0.2, 0.25) is 0 Å². The molecule has 2 aromatic carbocycles. The number of nitrogens with zero attached hydrogens (tertiary/aromatic N) is 3. The summed E-state index contributed by atoms with van der Waals surface area (Å²) in [6.45, 7) is 6.59. The highest BCUT2D eigenvalue weighted by Gasteiger charge is 2.22. The van der Waals surface area contributed by atoms with Gasteiger partial charge in [0.1, 0.15) is 17.2 Å². The molecule has 0 aliphatic carbocycles. The van der Waals surface area contributed by atoms with Gasteiger partial charge in [-0.1, -0.05) is 0 Å². The zero-order chi connectivity index (χ0) is 29.0. The molecule has 1 aliphatic rings. The second-order valence-electron chi connectivity index (χ2n) is 8.60. The quantitative estimate of drug-likeness (QED) is 0.141. The van der Waals surface area contributed by atoms with Crippen LogP contribution in [-0.4, -0.2) is 68.5 Å². The van der Waals surface area contributed by atoms with E-state index < -0.39 is 11.9 Å². The Bertz CT molecular complexity index is 1320. The number of hydrogen-bond donors (Lipinski definition) is 2. The molecule has 1 aromatic heterocycles. The van der Waals surface area contributed by atoms with Crippen molar-refractivity contribution in [2.24, 2.45) is 0 Å². The third kappa shape index (κ3) is 8.08. The maximum Gasteiger partial charge on any atom is 0.347 e. The Morgan fingerprint density at radius 2 is 1.59 bits per heavy atom. The van der Waals surface area contributed by atoms with Crippen LogP contribution in [0.3, 0.4) is 0 Å². The van der Waals surface area contributed by atoms with Crippen LogP contribution in [0.15, 0.2) is 66.5 Å². The fourth-order valence-electron chi connectivity index (χ4n) is 3.83. The lowest BCUT2D eigenvalue weighted by Gasteiger charge is -2.28. The molecule has 0 radical (unpaired) electrons. The molecule has 0 bridgehead atoms. The highest BCUT2D eigenvalue weighted by Crippen LogP contribution is 2.30. The first kappa shape index (κ1) is 29.2. The lowest BCUT2D eigenvalue weighted by Crippen LogP contribution is -2.36. The summed E-state index contributed by atoms with van der Waals surface area (Å²) in [5.74, 6) is -0.0863. The van der Waals surface area contributed by atoms with Crippen molar-refractivity contribution in [2.45, 2.75) is 13.8 Å². The van der Waals surface area contributed by atoms with Crippen molar-refractivity contribution in [3.8, 4) is 17.4 Å². The molecule has 2 heterocycles. The molecule has 1 aliphatic heterocycles. The van der Waals surface area contributed by atoms with Crippen molar-refractivity contribution in [1.82, 2.24) is 9.97 Å². The lowest BCUT2D eigenvalue weighted by molar-refractivity contribution is -0.146. The Morgan fingerprint density at radius 1 is 0.951 bits per heavy atom. The molecular weight excluding hydrogens is 530 g/mol. The average Bonchev–Trinajstić information content (AvgIpc) is 3.00. The van der Waals surface area contributed by atoms with Crippen molar-refractivity contribution in [2.75, 3.05) is 62.2 Å². The summed E-state index contributed by atoms with van der Waals surface area (Å²) in [6.07, 6.45) is 2.66. The van der Waals surface area contributed by atoms with Crippen LogP contribution >= 0.6 is 0 Å². The first-order valence-electron chi connectivity index (χ1n) is 13.2. The van der Waals surface area contributed by atoms with Gasteiger partial charge in [-0.15, -0.1) is 0 Å². The SMILES string of the molecule is CCOC(=O)C(=CNc1cnc(Nc2ccc(N3CCOCC3)cc2)nc1Oc1ccc(OC)cc1)C(=O)OCC. The molecular formula is C29H33N5O7. The molecule has 1 fully saturated rings. The highest BCUT2D eigenvalue weighted by atomic mass is 16.6. The second-order valence-corrected chi connectivity index (χ2v) is 8.60. The van der Waals surface area contributed by atoms with Crippen LogP contribution in [0.5, 0.6) is 17.4 Å². The van der Waals surface area contributed by atoms with Gasteiger partial charge in [0.05, 0.1) is 39.7 Å². The van der Waals surface area contributed by atoms with Crippen LogP contribution in [0, 0.1) is 0 Å². The van der Waals surface area contributed by atoms with Crippen molar-refractivity contribution in [3.05, 3.63) is 66.5 Å². The summed E-state index contributed by atoms with van der Waals surface area (Å²) >= 11 is 0. The number of morpholine rings is 1. The number of carbonyl (C=O) groups excluding carboxylic acids is 2. The number of methoxy groups -OCH3 is 1. The largest absolute Gasteiger partial charge is 0.497 e. The number of ether oxygens (including phenoxy) is 5. The Morgan fingerprint density at radius 3 is 2.20 bits per heavy atom. The second kappa shape index (κ2) is 14.5. The van der Waals surface area contributed by atoms with Gasteiger partial charge >= 0.3 is 11.9 Å². The van der Waals surface area contributed by atoms with E-state index in [9.17, 15) is 9.59 Å². The molecule has 12 heteroatoms. The maximum absolute atomic E-state index is 12.4. The molecule has 1 saturated heterocycles. The van der Waals surface area contributed by atoms with Gasteiger partial charge in [-0.2, -0.15) is 4.98 Å². The molecule has 0 atom stereocenters. The van der Waals surface area contributed by atoms with E-state index in [4.69, 9.17) is 23.7 Å². The zero-order valence-electron chi connectivity index (χ0n) is 23.2. The van der Waals surface area contributed by atoms with Crippen molar-refractivity contribution < 1.29 is 33.3 Å². The van der Waals surface area contributed by atoms with Crippen LogP contribution in [0.25, 0.3) is 0 Å². The minimum Gasteiger partial charge on any atom is -0.497 e. The minimum atomic E-state index is -0.823. The average molecular weight is 564 g/mol. The number of anilines is 4. The van der Waals surface area contributed by atoms with E-state index in [0.717, 1.165) is 24.5 Å². The number of nitrogens with one attached hydrogen (secondary N) is 2. The van der Waals surface area contributed by atoms with Crippen LogP contribution in [0.4, 0.5) is 23.0 Å². The summed E-state index contributed by atoms with van der Waals surface area (Å²) in [6, 6.07) is 14.9.